The Labute approximate surface area is 94.4 Å². The Morgan fingerprint density at radius 2 is 2.27 bits per heavy atom. The van der Waals surface area contributed by atoms with Crippen LogP contribution in [0.3, 0.4) is 0 Å². The molecule has 1 rings (SSSR count). The van der Waals surface area contributed by atoms with Gasteiger partial charge in [0.25, 0.3) is 0 Å². The van der Waals surface area contributed by atoms with Gasteiger partial charge in [0.1, 0.15) is 0 Å². The van der Waals surface area contributed by atoms with Gasteiger partial charge >= 0.3 is 0 Å². The van der Waals surface area contributed by atoms with E-state index in [9.17, 15) is 4.79 Å². The standard InChI is InChI=1S/C11H16N2OS/c1-8-4-3-5-9(11(8)12)15-7-6-10(14)13-2/h3-5H,6-7,12H2,1-2H3,(H,13,14). The third-order valence-corrected chi connectivity index (χ3v) is 3.22. The molecule has 0 spiro atoms. The van der Waals surface area contributed by atoms with Crippen molar-refractivity contribution in [2.75, 3.05) is 18.5 Å². The Bertz CT molecular complexity index is 352. The molecule has 15 heavy (non-hydrogen) atoms. The molecule has 0 aromatic heterocycles. The van der Waals surface area contributed by atoms with Crippen LogP contribution in [0.25, 0.3) is 0 Å². The molecular weight excluding hydrogens is 208 g/mol. The summed E-state index contributed by atoms with van der Waals surface area (Å²) >= 11 is 1.62. The molecule has 0 saturated carbocycles. The van der Waals surface area contributed by atoms with Crippen LogP contribution in [0.15, 0.2) is 23.1 Å². The van der Waals surface area contributed by atoms with Gasteiger partial charge in [0.05, 0.1) is 0 Å². The van der Waals surface area contributed by atoms with Gasteiger partial charge < -0.3 is 11.1 Å². The van der Waals surface area contributed by atoms with Crippen molar-refractivity contribution in [2.45, 2.75) is 18.2 Å². The zero-order valence-corrected chi connectivity index (χ0v) is 9.86. The Morgan fingerprint density at radius 3 is 2.93 bits per heavy atom. The van der Waals surface area contributed by atoms with Gasteiger partial charge in [-0.25, -0.2) is 0 Å². The third kappa shape index (κ3) is 3.47. The Morgan fingerprint density at radius 1 is 1.53 bits per heavy atom. The monoisotopic (exact) mass is 224 g/mol. The van der Waals surface area contributed by atoms with Crippen LogP contribution in [0.2, 0.25) is 0 Å². The minimum atomic E-state index is 0.0636. The van der Waals surface area contributed by atoms with Crippen molar-refractivity contribution in [3.8, 4) is 0 Å². The minimum Gasteiger partial charge on any atom is -0.398 e. The first kappa shape index (κ1) is 11.9. The van der Waals surface area contributed by atoms with Gasteiger partial charge in [0.2, 0.25) is 5.91 Å². The summed E-state index contributed by atoms with van der Waals surface area (Å²) in [6, 6.07) is 5.95. The predicted molar refractivity (Wildman–Crippen MR) is 65.0 cm³/mol. The van der Waals surface area contributed by atoms with E-state index in [2.05, 4.69) is 5.32 Å². The van der Waals surface area contributed by atoms with Crippen molar-refractivity contribution in [2.24, 2.45) is 0 Å². The molecule has 0 bridgehead atoms. The van der Waals surface area contributed by atoms with Crippen LogP contribution < -0.4 is 11.1 Å². The van der Waals surface area contributed by atoms with Crippen molar-refractivity contribution in [3.63, 3.8) is 0 Å². The van der Waals surface area contributed by atoms with E-state index in [0.29, 0.717) is 6.42 Å². The number of nitrogens with one attached hydrogen (secondary N) is 1. The molecule has 0 saturated heterocycles. The van der Waals surface area contributed by atoms with E-state index in [1.165, 1.54) is 0 Å². The molecule has 0 atom stereocenters. The van der Waals surface area contributed by atoms with E-state index in [1.807, 2.05) is 25.1 Å². The number of benzene rings is 1. The second kappa shape index (κ2) is 5.66. The normalized spacial score (nSPS) is 10.0. The van der Waals surface area contributed by atoms with Crippen LogP contribution in [-0.2, 0) is 4.79 Å². The first-order valence-corrected chi connectivity index (χ1v) is 5.82. The lowest BCUT2D eigenvalue weighted by atomic mass is 10.2. The topological polar surface area (TPSA) is 55.1 Å². The highest BCUT2D eigenvalue weighted by Crippen LogP contribution is 2.27. The highest BCUT2D eigenvalue weighted by Gasteiger charge is 2.03. The van der Waals surface area contributed by atoms with Gasteiger partial charge in [0, 0.05) is 29.8 Å². The highest BCUT2D eigenvalue weighted by atomic mass is 32.2. The van der Waals surface area contributed by atoms with Crippen LogP contribution in [-0.4, -0.2) is 18.7 Å². The lowest BCUT2D eigenvalue weighted by molar-refractivity contribution is -0.120. The number of aryl methyl sites for hydroxylation is 1. The van der Waals surface area contributed by atoms with Gasteiger partial charge in [-0.1, -0.05) is 12.1 Å². The lowest BCUT2D eigenvalue weighted by Gasteiger charge is -2.07. The van der Waals surface area contributed by atoms with Crippen molar-refractivity contribution in [1.82, 2.24) is 5.32 Å². The quantitative estimate of drug-likeness (QED) is 0.606. The van der Waals surface area contributed by atoms with Crippen LogP contribution in [0.4, 0.5) is 5.69 Å². The average Bonchev–Trinajstić information content (AvgIpc) is 2.24. The molecule has 82 valence electrons. The van der Waals surface area contributed by atoms with Crippen LogP contribution in [0.1, 0.15) is 12.0 Å². The fourth-order valence-corrected chi connectivity index (χ4v) is 2.16. The molecule has 3 N–H and O–H groups in total. The molecule has 0 heterocycles. The van der Waals surface area contributed by atoms with Crippen LogP contribution >= 0.6 is 11.8 Å². The number of carbonyl (C=O) groups is 1. The van der Waals surface area contributed by atoms with Crippen molar-refractivity contribution < 1.29 is 4.79 Å². The van der Waals surface area contributed by atoms with Crippen LogP contribution in [0.5, 0.6) is 0 Å². The maximum Gasteiger partial charge on any atom is 0.220 e. The highest BCUT2D eigenvalue weighted by molar-refractivity contribution is 7.99. The summed E-state index contributed by atoms with van der Waals surface area (Å²) in [7, 11) is 1.65. The molecule has 1 aromatic rings. The van der Waals surface area contributed by atoms with E-state index < -0.39 is 0 Å². The lowest BCUT2D eigenvalue weighted by Crippen LogP contribution is -2.17. The number of nitrogens with two attached hydrogens (primary N) is 1. The number of thioether (sulfide) groups is 1. The fraction of sp³-hybridized carbons (Fsp3) is 0.364. The maximum atomic E-state index is 11.0. The molecule has 1 amide bonds. The maximum absolute atomic E-state index is 11.0. The van der Waals surface area contributed by atoms with Gasteiger partial charge in [0.15, 0.2) is 0 Å². The largest absolute Gasteiger partial charge is 0.398 e. The average molecular weight is 224 g/mol. The van der Waals surface area contributed by atoms with E-state index in [1.54, 1.807) is 18.8 Å². The van der Waals surface area contributed by atoms with Crippen LogP contribution in [0, 0.1) is 6.92 Å². The zero-order valence-electron chi connectivity index (χ0n) is 9.04. The van der Waals surface area contributed by atoms with E-state index in [0.717, 1.165) is 21.9 Å². The third-order valence-electron chi connectivity index (χ3n) is 2.15. The summed E-state index contributed by atoms with van der Waals surface area (Å²) in [6.45, 7) is 1.98. The Balaban J connectivity index is 2.51. The minimum absolute atomic E-state index is 0.0636. The molecule has 0 aliphatic carbocycles. The van der Waals surface area contributed by atoms with Crippen molar-refractivity contribution >= 4 is 23.4 Å². The molecule has 0 unspecified atom stereocenters. The first-order valence-electron chi connectivity index (χ1n) is 4.83. The SMILES string of the molecule is CNC(=O)CCSc1cccc(C)c1N. The molecule has 0 aliphatic rings. The molecule has 0 aliphatic heterocycles. The van der Waals surface area contributed by atoms with Gasteiger partial charge in [-0.2, -0.15) is 0 Å². The molecule has 0 fully saturated rings. The predicted octanol–water partition coefficient (Wildman–Crippen LogP) is 1.81. The van der Waals surface area contributed by atoms with E-state index >= 15 is 0 Å². The fourth-order valence-electron chi connectivity index (χ4n) is 1.16. The number of carbonyl (C=O) groups excluding carboxylic acids is 1. The number of amides is 1. The van der Waals surface area contributed by atoms with Crippen molar-refractivity contribution in [1.29, 1.82) is 0 Å². The smallest absolute Gasteiger partial charge is 0.220 e. The number of hydrogen-bond acceptors (Lipinski definition) is 3. The van der Waals surface area contributed by atoms with Gasteiger partial charge in [-0.3, -0.25) is 4.79 Å². The Hall–Kier alpha value is -1.16. The summed E-state index contributed by atoms with van der Waals surface area (Å²) in [4.78, 5) is 12.1. The summed E-state index contributed by atoms with van der Waals surface area (Å²) in [5.41, 5.74) is 7.81. The summed E-state index contributed by atoms with van der Waals surface area (Å²) in [6.07, 6.45) is 0.522. The summed E-state index contributed by atoms with van der Waals surface area (Å²) < 4.78 is 0. The second-order valence-corrected chi connectivity index (χ2v) is 4.40. The number of para-hydroxylation sites is 1. The zero-order chi connectivity index (χ0) is 11.3. The van der Waals surface area contributed by atoms with E-state index in [-0.39, 0.29) is 5.91 Å². The Kier molecular flexibility index (Phi) is 4.49. The molecule has 4 heteroatoms. The van der Waals surface area contributed by atoms with E-state index in [4.69, 9.17) is 5.73 Å². The van der Waals surface area contributed by atoms with Crippen molar-refractivity contribution in [3.05, 3.63) is 23.8 Å². The molecule has 3 nitrogen and oxygen atoms in total. The molecular formula is C11H16N2OS. The molecule has 0 radical (unpaired) electrons. The number of nitrogen functional groups attached to an aromatic ring is 1. The molecule has 1 aromatic carbocycles. The number of rotatable bonds is 4. The van der Waals surface area contributed by atoms with Gasteiger partial charge in [-0.05, 0) is 18.6 Å². The van der Waals surface area contributed by atoms with Gasteiger partial charge in [-0.15, -0.1) is 11.8 Å². The first-order chi connectivity index (χ1) is 7.15. The second-order valence-electron chi connectivity index (χ2n) is 3.26. The summed E-state index contributed by atoms with van der Waals surface area (Å²) in [5, 5.41) is 2.59. The number of anilines is 1. The number of hydrogen-bond donors (Lipinski definition) is 2. The summed E-state index contributed by atoms with van der Waals surface area (Å²) in [5.74, 6) is 0.821.